The lowest BCUT2D eigenvalue weighted by Crippen LogP contribution is -2.09. The van der Waals surface area contributed by atoms with Crippen LogP contribution in [0, 0.1) is 18.3 Å². The van der Waals surface area contributed by atoms with Gasteiger partial charge in [0.1, 0.15) is 11.2 Å². The van der Waals surface area contributed by atoms with Crippen molar-refractivity contribution in [2.75, 3.05) is 11.1 Å². The summed E-state index contributed by atoms with van der Waals surface area (Å²) in [6, 6.07) is 4.25. The zero-order chi connectivity index (χ0) is 20.1. The quantitative estimate of drug-likeness (QED) is 0.574. The Bertz CT molecular complexity index is 1070. The Kier molecular flexibility index (Phi) is 3.98. The number of anilines is 3. The molecular weight excluding hydrogens is 378 g/mol. The Labute approximate surface area is 147 Å². The Balaban J connectivity index is 2.11. The molecule has 0 radical (unpaired) electrons. The number of halogens is 6. The summed E-state index contributed by atoms with van der Waals surface area (Å²) >= 11 is 0. The molecule has 0 saturated carbocycles. The molecular formula is C15H10F6N6. The summed E-state index contributed by atoms with van der Waals surface area (Å²) < 4.78 is 79.2. The number of nitrogens with one attached hydrogen (secondary N) is 2. The summed E-state index contributed by atoms with van der Waals surface area (Å²) in [6.45, 7) is 1.18. The number of rotatable bonds is 2. The molecule has 0 bridgehead atoms. The van der Waals surface area contributed by atoms with Crippen LogP contribution in [0.5, 0.6) is 0 Å². The molecule has 27 heavy (non-hydrogen) atoms. The average molecular weight is 388 g/mol. The molecule has 0 unspecified atom stereocenters. The third-order valence-corrected chi connectivity index (χ3v) is 3.85. The molecule has 2 aromatic heterocycles. The van der Waals surface area contributed by atoms with Crippen LogP contribution in [-0.4, -0.2) is 14.6 Å². The molecule has 6 nitrogen and oxygen atoms in total. The van der Waals surface area contributed by atoms with Gasteiger partial charge in [-0.2, -0.15) is 36.6 Å². The van der Waals surface area contributed by atoms with Gasteiger partial charge in [0, 0.05) is 11.3 Å². The molecule has 0 aliphatic carbocycles. The summed E-state index contributed by atoms with van der Waals surface area (Å²) in [5.41, 5.74) is 2.38. The molecule has 0 spiro atoms. The van der Waals surface area contributed by atoms with Gasteiger partial charge in [-0.15, -0.1) is 0 Å². The first-order chi connectivity index (χ1) is 12.4. The van der Waals surface area contributed by atoms with Crippen LogP contribution in [0.2, 0.25) is 0 Å². The van der Waals surface area contributed by atoms with Gasteiger partial charge < -0.3 is 11.1 Å². The maximum absolute atomic E-state index is 13.1. The Hall–Kier alpha value is -3.36. The van der Waals surface area contributed by atoms with Crippen LogP contribution >= 0.6 is 0 Å². The van der Waals surface area contributed by atoms with Crippen molar-refractivity contribution >= 4 is 23.0 Å². The highest BCUT2D eigenvalue weighted by atomic mass is 19.4. The van der Waals surface area contributed by atoms with Crippen molar-refractivity contribution in [3.63, 3.8) is 0 Å². The lowest BCUT2D eigenvalue weighted by molar-refractivity contribution is -0.141. The molecule has 0 aliphatic heterocycles. The van der Waals surface area contributed by atoms with E-state index in [1.54, 1.807) is 0 Å². The number of nitrogen functional groups attached to an aromatic ring is 1. The highest BCUT2D eigenvalue weighted by molar-refractivity contribution is 5.80. The van der Waals surface area contributed by atoms with Gasteiger partial charge in [-0.1, -0.05) is 0 Å². The van der Waals surface area contributed by atoms with Gasteiger partial charge in [-0.05, 0) is 25.1 Å². The number of benzene rings is 1. The molecule has 0 amide bonds. The molecule has 3 aromatic rings. The van der Waals surface area contributed by atoms with Crippen molar-refractivity contribution < 1.29 is 26.3 Å². The predicted molar refractivity (Wildman–Crippen MR) is 83.1 cm³/mol. The fraction of sp³-hybridized carbons (Fsp3) is 0.200. The number of imidazole rings is 1. The molecule has 0 aliphatic rings. The second kappa shape index (κ2) is 5.83. The van der Waals surface area contributed by atoms with Crippen molar-refractivity contribution in [3.8, 4) is 6.07 Å². The van der Waals surface area contributed by atoms with E-state index in [2.05, 4.69) is 15.4 Å². The number of nitrogens with two attached hydrogens (primary N) is 1. The standard InChI is InChI=1S/C15H10F6N6/c1-6-10-12(25-13(23)27(10)26-11(6)15(19,20)21)24-8-3-2-7(5-22)9(4-8)14(16,17)18/h2-4,24,26H,1H3,(H2,23,25). The minimum Gasteiger partial charge on any atom is -0.368 e. The monoisotopic (exact) mass is 388 g/mol. The van der Waals surface area contributed by atoms with Crippen molar-refractivity contribution in [1.82, 2.24) is 14.6 Å². The van der Waals surface area contributed by atoms with Crippen LogP contribution in [0.1, 0.15) is 22.4 Å². The first-order valence-corrected chi connectivity index (χ1v) is 7.25. The number of hydrogen-bond acceptors (Lipinski definition) is 4. The third kappa shape index (κ3) is 3.12. The molecule has 0 saturated heterocycles. The highest BCUT2D eigenvalue weighted by Gasteiger charge is 2.37. The van der Waals surface area contributed by atoms with Crippen LogP contribution in [0.25, 0.3) is 5.52 Å². The number of aromatic nitrogens is 3. The number of aryl methyl sites for hydroxylation is 1. The minimum atomic E-state index is -4.78. The number of fused-ring (bicyclic) bond motifs is 1. The zero-order valence-corrected chi connectivity index (χ0v) is 13.4. The topological polar surface area (TPSA) is 94.9 Å². The van der Waals surface area contributed by atoms with Gasteiger partial charge in [0.25, 0.3) is 0 Å². The molecule has 0 atom stereocenters. The summed E-state index contributed by atoms with van der Waals surface area (Å²) in [5, 5.41) is 13.4. The van der Waals surface area contributed by atoms with E-state index in [0.29, 0.717) is 6.07 Å². The van der Waals surface area contributed by atoms with Crippen molar-refractivity contribution in [2.24, 2.45) is 0 Å². The zero-order valence-electron chi connectivity index (χ0n) is 13.4. The molecule has 2 heterocycles. The van der Waals surface area contributed by atoms with E-state index < -0.39 is 29.2 Å². The van der Waals surface area contributed by atoms with E-state index in [1.165, 1.54) is 19.1 Å². The van der Waals surface area contributed by atoms with Gasteiger partial charge in [-0.25, -0.2) is 4.52 Å². The molecule has 12 heteroatoms. The van der Waals surface area contributed by atoms with Gasteiger partial charge >= 0.3 is 12.4 Å². The number of H-pyrrole nitrogens is 1. The van der Waals surface area contributed by atoms with Gasteiger partial charge in [-0.3, -0.25) is 5.10 Å². The summed E-state index contributed by atoms with van der Waals surface area (Å²) in [5.74, 6) is -0.467. The predicted octanol–water partition coefficient (Wildman–Crippen LogP) is 4.21. The summed E-state index contributed by atoms with van der Waals surface area (Å²) in [6.07, 6.45) is -9.45. The third-order valence-electron chi connectivity index (χ3n) is 3.85. The molecule has 3 rings (SSSR count). The van der Waals surface area contributed by atoms with E-state index in [4.69, 9.17) is 11.0 Å². The SMILES string of the molecule is Cc1c(C(F)(F)F)[nH]n2c(N)nc(Nc3ccc(C#N)c(C(F)(F)F)c3)c12. The number of alkyl halides is 6. The number of nitriles is 1. The molecule has 142 valence electrons. The lowest BCUT2D eigenvalue weighted by Gasteiger charge is -2.11. The second-order valence-electron chi connectivity index (χ2n) is 5.61. The van der Waals surface area contributed by atoms with Crippen LogP contribution in [0.3, 0.4) is 0 Å². The minimum absolute atomic E-state index is 0.0576. The first-order valence-electron chi connectivity index (χ1n) is 7.25. The number of aromatic amines is 1. The molecule has 1 aromatic carbocycles. The van der Waals surface area contributed by atoms with E-state index in [1.807, 2.05) is 0 Å². The van der Waals surface area contributed by atoms with Crippen LogP contribution in [0.4, 0.5) is 43.8 Å². The largest absolute Gasteiger partial charge is 0.433 e. The van der Waals surface area contributed by atoms with Gasteiger partial charge in [0.2, 0.25) is 5.95 Å². The van der Waals surface area contributed by atoms with Crippen molar-refractivity contribution in [2.45, 2.75) is 19.3 Å². The second-order valence-corrected chi connectivity index (χ2v) is 5.61. The summed E-state index contributed by atoms with van der Waals surface area (Å²) in [7, 11) is 0. The van der Waals surface area contributed by atoms with Crippen molar-refractivity contribution in [1.29, 1.82) is 5.26 Å². The highest BCUT2D eigenvalue weighted by Crippen LogP contribution is 2.37. The Morgan fingerprint density at radius 1 is 1.19 bits per heavy atom. The van der Waals surface area contributed by atoms with E-state index in [0.717, 1.165) is 10.6 Å². The van der Waals surface area contributed by atoms with Gasteiger partial charge in [0.05, 0.1) is 17.2 Å². The van der Waals surface area contributed by atoms with Crippen LogP contribution in [0.15, 0.2) is 18.2 Å². The molecule has 0 fully saturated rings. The smallest absolute Gasteiger partial charge is 0.368 e. The molecule has 4 N–H and O–H groups in total. The summed E-state index contributed by atoms with van der Waals surface area (Å²) in [4.78, 5) is 3.85. The van der Waals surface area contributed by atoms with Crippen LogP contribution < -0.4 is 11.1 Å². The van der Waals surface area contributed by atoms with Crippen LogP contribution in [-0.2, 0) is 12.4 Å². The fourth-order valence-electron chi connectivity index (χ4n) is 2.66. The van der Waals surface area contributed by atoms with E-state index in [9.17, 15) is 26.3 Å². The van der Waals surface area contributed by atoms with E-state index >= 15 is 0 Å². The maximum atomic E-state index is 13.1. The van der Waals surface area contributed by atoms with Gasteiger partial charge in [0.15, 0.2) is 5.82 Å². The lowest BCUT2D eigenvalue weighted by atomic mass is 10.1. The Morgan fingerprint density at radius 2 is 1.85 bits per heavy atom. The van der Waals surface area contributed by atoms with E-state index in [-0.39, 0.29) is 28.5 Å². The number of hydrogen-bond donors (Lipinski definition) is 3. The first kappa shape index (κ1) is 18.4. The fourth-order valence-corrected chi connectivity index (χ4v) is 2.66. The Morgan fingerprint density at radius 3 is 2.41 bits per heavy atom. The van der Waals surface area contributed by atoms with Crippen molar-refractivity contribution in [3.05, 3.63) is 40.6 Å². The maximum Gasteiger partial charge on any atom is 0.433 e. The normalized spacial score (nSPS) is 12.4. The number of nitrogens with zero attached hydrogens (tertiary/aromatic N) is 3. The average Bonchev–Trinajstić information content (AvgIpc) is 3.05.